The molecule has 0 unspecified atom stereocenters. The average molecular weight is 244 g/mol. The average Bonchev–Trinajstić information content (AvgIpc) is 2.23. The third-order valence-electron chi connectivity index (χ3n) is 2.55. The summed E-state index contributed by atoms with van der Waals surface area (Å²) in [7, 11) is -2.57. The molecule has 0 aromatic heterocycles. The summed E-state index contributed by atoms with van der Waals surface area (Å²) in [6, 6.07) is 4.77. The highest BCUT2D eigenvalue weighted by molar-refractivity contribution is 7.71. The van der Waals surface area contributed by atoms with Crippen molar-refractivity contribution in [3.63, 3.8) is 0 Å². The van der Waals surface area contributed by atoms with Crippen molar-refractivity contribution in [2.75, 3.05) is 0 Å². The molecule has 90 valence electrons. The standard InChI is InChI=1S/C12H17FO2S/c1-2-3-4-6-10-7-5-8-12(13)11(10)9-16(14)15/h5,7-8,16H,2-4,6,9H2,1H3. The molecule has 0 saturated carbocycles. The van der Waals surface area contributed by atoms with Gasteiger partial charge in [-0.15, -0.1) is 0 Å². The lowest BCUT2D eigenvalue weighted by Gasteiger charge is -2.07. The van der Waals surface area contributed by atoms with E-state index < -0.39 is 16.5 Å². The van der Waals surface area contributed by atoms with Crippen molar-refractivity contribution < 1.29 is 12.8 Å². The number of hydrogen-bond acceptors (Lipinski definition) is 2. The fraction of sp³-hybridized carbons (Fsp3) is 0.500. The molecule has 2 nitrogen and oxygen atoms in total. The number of hydrogen-bond donors (Lipinski definition) is 1. The summed E-state index contributed by atoms with van der Waals surface area (Å²) < 4.78 is 34.8. The van der Waals surface area contributed by atoms with Crippen LogP contribution in [0.3, 0.4) is 0 Å². The molecule has 0 N–H and O–H groups in total. The number of benzene rings is 1. The molecule has 4 heteroatoms. The van der Waals surface area contributed by atoms with Crippen molar-refractivity contribution in [3.8, 4) is 0 Å². The minimum Gasteiger partial charge on any atom is -0.232 e. The van der Waals surface area contributed by atoms with Gasteiger partial charge in [-0.2, -0.15) is 0 Å². The first-order chi connectivity index (χ1) is 7.65. The topological polar surface area (TPSA) is 34.1 Å². The van der Waals surface area contributed by atoms with Crippen LogP contribution in [0.2, 0.25) is 0 Å². The molecule has 1 aromatic rings. The lowest BCUT2D eigenvalue weighted by molar-refractivity contribution is 0.597. The highest BCUT2D eigenvalue weighted by atomic mass is 32.2. The van der Waals surface area contributed by atoms with Crippen molar-refractivity contribution in [1.29, 1.82) is 0 Å². The maximum Gasteiger partial charge on any atom is 0.144 e. The van der Waals surface area contributed by atoms with E-state index in [9.17, 15) is 12.8 Å². The summed E-state index contributed by atoms with van der Waals surface area (Å²) in [5, 5.41) is 0. The van der Waals surface area contributed by atoms with Crippen LogP contribution >= 0.6 is 0 Å². The van der Waals surface area contributed by atoms with Crippen LogP contribution in [0.4, 0.5) is 4.39 Å². The monoisotopic (exact) mass is 244 g/mol. The van der Waals surface area contributed by atoms with Crippen molar-refractivity contribution >= 4 is 10.7 Å². The molecular weight excluding hydrogens is 227 g/mol. The quantitative estimate of drug-likeness (QED) is 0.616. The van der Waals surface area contributed by atoms with Crippen molar-refractivity contribution in [2.24, 2.45) is 0 Å². The van der Waals surface area contributed by atoms with Gasteiger partial charge >= 0.3 is 0 Å². The molecule has 0 spiro atoms. The molecule has 16 heavy (non-hydrogen) atoms. The summed E-state index contributed by atoms with van der Waals surface area (Å²) in [5.74, 6) is -0.600. The lowest BCUT2D eigenvalue weighted by atomic mass is 10.0. The largest absolute Gasteiger partial charge is 0.232 e. The number of aryl methyl sites for hydroxylation is 1. The summed E-state index contributed by atoms with van der Waals surface area (Å²) in [5.41, 5.74) is 1.17. The predicted octanol–water partition coefficient (Wildman–Crippen LogP) is 2.67. The molecule has 0 aliphatic carbocycles. The molecule has 1 rings (SSSR count). The third-order valence-corrected chi connectivity index (χ3v) is 3.13. The smallest absolute Gasteiger partial charge is 0.144 e. The van der Waals surface area contributed by atoms with Crippen molar-refractivity contribution in [1.82, 2.24) is 0 Å². The molecule has 0 radical (unpaired) electrons. The number of halogens is 1. The lowest BCUT2D eigenvalue weighted by Crippen LogP contribution is -1.99. The Bertz CT molecular complexity index is 405. The van der Waals surface area contributed by atoms with Crippen LogP contribution in [0.25, 0.3) is 0 Å². The molecule has 0 amide bonds. The molecule has 0 bridgehead atoms. The first-order valence-corrected chi connectivity index (χ1v) is 6.89. The minimum atomic E-state index is -2.57. The Labute approximate surface area is 97.4 Å². The van der Waals surface area contributed by atoms with Crippen LogP contribution in [0.15, 0.2) is 18.2 Å². The van der Waals surface area contributed by atoms with Crippen LogP contribution in [-0.2, 0) is 22.9 Å². The number of rotatable bonds is 6. The second-order valence-electron chi connectivity index (χ2n) is 3.83. The van der Waals surface area contributed by atoms with Gasteiger partial charge < -0.3 is 0 Å². The first kappa shape index (κ1) is 13.2. The van der Waals surface area contributed by atoms with Gasteiger partial charge in [0.2, 0.25) is 0 Å². The second kappa shape index (κ2) is 6.63. The van der Waals surface area contributed by atoms with E-state index >= 15 is 0 Å². The van der Waals surface area contributed by atoms with E-state index in [2.05, 4.69) is 6.92 Å². The maximum atomic E-state index is 13.5. The zero-order chi connectivity index (χ0) is 12.0. The zero-order valence-electron chi connectivity index (χ0n) is 9.41. The van der Waals surface area contributed by atoms with Crippen LogP contribution in [0, 0.1) is 5.82 Å². The fourth-order valence-corrected chi connectivity index (χ4v) is 2.32. The zero-order valence-corrected chi connectivity index (χ0v) is 10.3. The van der Waals surface area contributed by atoms with E-state index in [4.69, 9.17) is 0 Å². The molecule has 1 aromatic carbocycles. The number of unbranched alkanes of at least 4 members (excludes halogenated alkanes) is 2. The molecule has 0 aliphatic heterocycles. The van der Waals surface area contributed by atoms with Gasteiger partial charge in [0.1, 0.15) is 16.5 Å². The number of thiol groups is 1. The Morgan fingerprint density at radius 1 is 1.25 bits per heavy atom. The van der Waals surface area contributed by atoms with E-state index in [0.717, 1.165) is 31.2 Å². The summed E-state index contributed by atoms with van der Waals surface area (Å²) in [6.45, 7) is 2.10. The van der Waals surface area contributed by atoms with Gasteiger partial charge in [0.15, 0.2) is 0 Å². The second-order valence-corrected chi connectivity index (χ2v) is 4.81. The van der Waals surface area contributed by atoms with Gasteiger partial charge in [-0.3, -0.25) is 0 Å². The summed E-state index contributed by atoms with van der Waals surface area (Å²) >= 11 is 0. The molecule has 0 aliphatic rings. The van der Waals surface area contributed by atoms with E-state index in [1.54, 1.807) is 6.07 Å². The molecule has 0 fully saturated rings. The predicted molar refractivity (Wildman–Crippen MR) is 63.6 cm³/mol. The Kier molecular flexibility index (Phi) is 5.46. The van der Waals surface area contributed by atoms with E-state index in [0.29, 0.717) is 5.56 Å². The van der Waals surface area contributed by atoms with Crippen LogP contribution < -0.4 is 0 Å². The fourth-order valence-electron chi connectivity index (χ4n) is 1.71. The molecule has 0 heterocycles. The minimum absolute atomic E-state index is 0.191. The van der Waals surface area contributed by atoms with Gasteiger partial charge in [-0.05, 0) is 24.5 Å². The van der Waals surface area contributed by atoms with Crippen LogP contribution in [0.1, 0.15) is 37.3 Å². The van der Waals surface area contributed by atoms with E-state index in [-0.39, 0.29) is 5.75 Å². The van der Waals surface area contributed by atoms with Gasteiger partial charge in [-0.25, -0.2) is 12.8 Å². The van der Waals surface area contributed by atoms with Gasteiger partial charge in [0, 0.05) is 5.56 Å². The van der Waals surface area contributed by atoms with Crippen molar-refractivity contribution in [3.05, 3.63) is 35.1 Å². The highest BCUT2D eigenvalue weighted by Crippen LogP contribution is 2.17. The highest BCUT2D eigenvalue weighted by Gasteiger charge is 2.08. The van der Waals surface area contributed by atoms with Gasteiger partial charge in [-0.1, -0.05) is 31.9 Å². The Balaban J connectivity index is 2.84. The summed E-state index contributed by atoms with van der Waals surface area (Å²) in [4.78, 5) is 0. The van der Waals surface area contributed by atoms with E-state index in [1.165, 1.54) is 6.07 Å². The van der Waals surface area contributed by atoms with Crippen molar-refractivity contribution in [2.45, 2.75) is 38.4 Å². The Morgan fingerprint density at radius 3 is 2.62 bits per heavy atom. The molecule has 0 atom stereocenters. The van der Waals surface area contributed by atoms with Gasteiger partial charge in [0.05, 0.1) is 5.75 Å². The third kappa shape index (κ3) is 3.93. The SMILES string of the molecule is CCCCCc1cccc(F)c1C[SH](=O)=O. The molecule has 0 saturated heterocycles. The maximum absolute atomic E-state index is 13.5. The summed E-state index contributed by atoms with van der Waals surface area (Å²) in [6.07, 6.45) is 3.91. The van der Waals surface area contributed by atoms with E-state index in [1.807, 2.05) is 6.07 Å². The van der Waals surface area contributed by atoms with Crippen LogP contribution in [-0.4, -0.2) is 8.42 Å². The van der Waals surface area contributed by atoms with Gasteiger partial charge in [0.25, 0.3) is 0 Å². The molecular formula is C12H17FO2S. The first-order valence-electron chi connectivity index (χ1n) is 5.53. The normalized spacial score (nSPS) is 10.9. The Morgan fingerprint density at radius 2 is 2.00 bits per heavy atom. The Hall–Kier alpha value is -0.900. The van der Waals surface area contributed by atoms with Crippen LogP contribution in [0.5, 0.6) is 0 Å².